The molecule has 0 saturated carbocycles. The van der Waals surface area contributed by atoms with Crippen LogP contribution in [0.1, 0.15) is 26.5 Å². The third-order valence-corrected chi connectivity index (χ3v) is 2.63. The van der Waals surface area contributed by atoms with Gasteiger partial charge in [-0.3, -0.25) is 4.90 Å². The van der Waals surface area contributed by atoms with E-state index in [1.807, 2.05) is 12.1 Å². The molecule has 1 rings (SSSR count). The molecule has 0 spiro atoms. The monoisotopic (exact) mass is 288 g/mol. The molecule has 0 radical (unpaired) electrons. The second kappa shape index (κ2) is 5.84. The molecule has 16 heavy (non-hydrogen) atoms. The Kier molecular flexibility index (Phi) is 5.02. The Labute approximate surface area is 106 Å². The maximum absolute atomic E-state index is 5.46. The normalized spacial score (nSPS) is 12.4. The van der Waals surface area contributed by atoms with Crippen molar-refractivity contribution in [3.63, 3.8) is 0 Å². The molecule has 0 amide bonds. The zero-order valence-corrected chi connectivity index (χ0v) is 12.1. The molecular formula is C12H21BrN2O. The van der Waals surface area contributed by atoms with E-state index in [4.69, 9.17) is 4.42 Å². The van der Waals surface area contributed by atoms with Crippen molar-refractivity contribution in [2.45, 2.75) is 32.9 Å². The van der Waals surface area contributed by atoms with E-state index in [1.54, 1.807) is 0 Å². The van der Waals surface area contributed by atoms with Crippen molar-refractivity contribution in [3.8, 4) is 0 Å². The molecule has 1 N–H and O–H groups in total. The van der Waals surface area contributed by atoms with E-state index in [9.17, 15) is 0 Å². The summed E-state index contributed by atoms with van der Waals surface area (Å²) in [5, 5.41) is 3.46. The zero-order valence-electron chi connectivity index (χ0n) is 10.5. The summed E-state index contributed by atoms with van der Waals surface area (Å²) in [7, 11) is 2.10. The first-order valence-electron chi connectivity index (χ1n) is 5.54. The molecule has 0 aromatic carbocycles. The van der Waals surface area contributed by atoms with Crippen LogP contribution in [0.3, 0.4) is 0 Å². The number of nitrogens with one attached hydrogen (secondary N) is 1. The van der Waals surface area contributed by atoms with Crippen molar-refractivity contribution in [2.75, 3.05) is 20.1 Å². The predicted molar refractivity (Wildman–Crippen MR) is 70.5 cm³/mol. The lowest BCUT2D eigenvalue weighted by Crippen LogP contribution is -2.40. The molecule has 3 nitrogen and oxygen atoms in total. The van der Waals surface area contributed by atoms with Gasteiger partial charge < -0.3 is 9.73 Å². The number of rotatable bonds is 5. The van der Waals surface area contributed by atoms with Crippen molar-refractivity contribution in [1.29, 1.82) is 0 Å². The van der Waals surface area contributed by atoms with Crippen molar-refractivity contribution >= 4 is 15.9 Å². The van der Waals surface area contributed by atoms with Crippen LogP contribution in [0.4, 0.5) is 0 Å². The number of likely N-dealkylation sites (N-methyl/N-ethyl adjacent to an activating group) is 1. The first-order valence-corrected chi connectivity index (χ1v) is 6.34. The van der Waals surface area contributed by atoms with Crippen molar-refractivity contribution in [2.24, 2.45) is 0 Å². The van der Waals surface area contributed by atoms with E-state index in [-0.39, 0.29) is 5.54 Å². The van der Waals surface area contributed by atoms with Crippen LogP contribution >= 0.6 is 15.9 Å². The van der Waals surface area contributed by atoms with Gasteiger partial charge in [0.05, 0.1) is 6.54 Å². The van der Waals surface area contributed by atoms with Crippen LogP contribution in [0.5, 0.6) is 0 Å². The Balaban J connectivity index is 2.23. The number of halogens is 1. The minimum atomic E-state index is 0.189. The summed E-state index contributed by atoms with van der Waals surface area (Å²) in [4.78, 5) is 2.24. The molecule has 0 saturated heterocycles. The quantitative estimate of drug-likeness (QED) is 0.903. The van der Waals surface area contributed by atoms with E-state index in [2.05, 4.69) is 54.0 Å². The van der Waals surface area contributed by atoms with Crippen LogP contribution in [0.15, 0.2) is 21.2 Å². The van der Waals surface area contributed by atoms with Gasteiger partial charge in [-0.25, -0.2) is 0 Å². The molecule has 0 atom stereocenters. The lowest BCUT2D eigenvalue weighted by Gasteiger charge is -2.23. The van der Waals surface area contributed by atoms with Crippen molar-refractivity contribution in [1.82, 2.24) is 10.2 Å². The van der Waals surface area contributed by atoms with Gasteiger partial charge >= 0.3 is 0 Å². The minimum Gasteiger partial charge on any atom is -0.453 e. The highest BCUT2D eigenvalue weighted by Gasteiger charge is 2.09. The number of hydrogen-bond donors (Lipinski definition) is 1. The van der Waals surface area contributed by atoms with Crippen LogP contribution in [0.2, 0.25) is 0 Å². The first-order chi connectivity index (χ1) is 7.37. The van der Waals surface area contributed by atoms with Gasteiger partial charge in [-0.1, -0.05) is 0 Å². The summed E-state index contributed by atoms with van der Waals surface area (Å²) in [5.74, 6) is 0.991. The van der Waals surface area contributed by atoms with Gasteiger partial charge in [-0.2, -0.15) is 0 Å². The molecule has 0 aliphatic rings. The van der Waals surface area contributed by atoms with E-state index in [1.165, 1.54) is 0 Å². The van der Waals surface area contributed by atoms with E-state index < -0.39 is 0 Å². The van der Waals surface area contributed by atoms with Gasteiger partial charge in [0.2, 0.25) is 0 Å². The Morgan fingerprint density at radius 1 is 1.38 bits per heavy atom. The Morgan fingerprint density at radius 2 is 2.06 bits per heavy atom. The van der Waals surface area contributed by atoms with Gasteiger partial charge in [0.15, 0.2) is 4.67 Å². The van der Waals surface area contributed by atoms with E-state index in [0.717, 1.165) is 30.1 Å². The highest BCUT2D eigenvalue weighted by molar-refractivity contribution is 9.10. The van der Waals surface area contributed by atoms with Gasteiger partial charge in [0.1, 0.15) is 5.76 Å². The zero-order chi connectivity index (χ0) is 12.2. The minimum absolute atomic E-state index is 0.189. The molecule has 0 fully saturated rings. The summed E-state index contributed by atoms with van der Waals surface area (Å²) in [6.07, 6.45) is 0. The third kappa shape index (κ3) is 5.68. The SMILES string of the molecule is CN(CCNC(C)(C)C)Cc1ccc(Br)o1. The third-order valence-electron chi connectivity index (χ3n) is 2.20. The van der Waals surface area contributed by atoms with Crippen LogP contribution < -0.4 is 5.32 Å². The molecule has 1 aromatic heterocycles. The second-order valence-electron chi connectivity index (χ2n) is 5.12. The standard InChI is InChI=1S/C12H21BrN2O/c1-12(2,3)14-7-8-15(4)9-10-5-6-11(13)16-10/h5-6,14H,7-9H2,1-4H3. The van der Waals surface area contributed by atoms with Crippen LogP contribution in [-0.2, 0) is 6.54 Å². The maximum atomic E-state index is 5.46. The number of nitrogens with zero attached hydrogens (tertiary/aromatic N) is 1. The van der Waals surface area contributed by atoms with Crippen molar-refractivity contribution < 1.29 is 4.42 Å². The highest BCUT2D eigenvalue weighted by atomic mass is 79.9. The van der Waals surface area contributed by atoms with E-state index >= 15 is 0 Å². The second-order valence-corrected chi connectivity index (χ2v) is 5.90. The van der Waals surface area contributed by atoms with E-state index in [0.29, 0.717) is 0 Å². The fraction of sp³-hybridized carbons (Fsp3) is 0.667. The number of furan rings is 1. The smallest absolute Gasteiger partial charge is 0.169 e. The molecule has 1 aromatic rings. The van der Waals surface area contributed by atoms with Gasteiger partial charge in [-0.05, 0) is 55.9 Å². The Hall–Kier alpha value is -0.320. The molecule has 4 heteroatoms. The first kappa shape index (κ1) is 13.7. The Bertz CT molecular complexity index is 317. The predicted octanol–water partition coefficient (Wildman–Crippen LogP) is 2.86. The number of hydrogen-bond acceptors (Lipinski definition) is 3. The highest BCUT2D eigenvalue weighted by Crippen LogP contribution is 2.14. The fourth-order valence-electron chi connectivity index (χ4n) is 1.40. The topological polar surface area (TPSA) is 28.4 Å². The molecule has 1 heterocycles. The summed E-state index contributed by atoms with van der Waals surface area (Å²) >= 11 is 3.30. The summed E-state index contributed by atoms with van der Waals surface area (Å²) in [5.41, 5.74) is 0.189. The molecule has 0 bridgehead atoms. The molecule has 0 aliphatic heterocycles. The fourth-order valence-corrected chi connectivity index (χ4v) is 1.74. The summed E-state index contributed by atoms with van der Waals surface area (Å²) < 4.78 is 6.25. The van der Waals surface area contributed by atoms with Crippen molar-refractivity contribution in [3.05, 3.63) is 22.6 Å². The van der Waals surface area contributed by atoms with Crippen LogP contribution in [0, 0.1) is 0 Å². The maximum Gasteiger partial charge on any atom is 0.169 e. The lowest BCUT2D eigenvalue weighted by molar-refractivity contribution is 0.278. The molecule has 0 aliphatic carbocycles. The molecular weight excluding hydrogens is 268 g/mol. The average molecular weight is 289 g/mol. The van der Waals surface area contributed by atoms with Gasteiger partial charge in [0.25, 0.3) is 0 Å². The van der Waals surface area contributed by atoms with Crippen LogP contribution in [-0.4, -0.2) is 30.6 Å². The van der Waals surface area contributed by atoms with Crippen LogP contribution in [0.25, 0.3) is 0 Å². The summed E-state index contributed by atoms with van der Waals surface area (Å²) in [6, 6.07) is 3.92. The molecule has 92 valence electrons. The summed E-state index contributed by atoms with van der Waals surface area (Å²) in [6.45, 7) is 9.37. The van der Waals surface area contributed by atoms with Gasteiger partial charge in [-0.15, -0.1) is 0 Å². The Morgan fingerprint density at radius 3 is 2.56 bits per heavy atom. The van der Waals surface area contributed by atoms with Gasteiger partial charge in [0, 0.05) is 18.6 Å². The lowest BCUT2D eigenvalue weighted by atomic mass is 10.1. The average Bonchev–Trinajstić information content (AvgIpc) is 2.48. The molecule has 0 unspecified atom stereocenters. The largest absolute Gasteiger partial charge is 0.453 e.